The van der Waals surface area contributed by atoms with Crippen LogP contribution in [0.2, 0.25) is 0 Å². The second kappa shape index (κ2) is 12.9. The Morgan fingerprint density at radius 3 is 1.72 bits per heavy atom. The van der Waals surface area contributed by atoms with E-state index in [1.807, 2.05) is 17.4 Å². The molecule has 4 heteroatoms. The zero-order chi connectivity index (χ0) is 39.3. The molecule has 13 rings (SSSR count). The van der Waals surface area contributed by atoms with Crippen molar-refractivity contribution in [2.75, 3.05) is 0 Å². The van der Waals surface area contributed by atoms with Crippen molar-refractivity contribution in [3.63, 3.8) is 0 Å². The molecule has 0 unspecified atom stereocenters. The third kappa shape index (κ3) is 4.95. The van der Waals surface area contributed by atoms with Gasteiger partial charge in [-0.25, -0.2) is 0 Å². The van der Waals surface area contributed by atoms with E-state index in [0.717, 1.165) is 38.7 Å². The molecule has 0 saturated heterocycles. The number of benzene rings is 9. The molecule has 0 atom stereocenters. The quantitative estimate of drug-likeness (QED) is 0.171. The van der Waals surface area contributed by atoms with Gasteiger partial charge in [0, 0.05) is 53.8 Å². The van der Waals surface area contributed by atoms with Crippen molar-refractivity contribution in [1.82, 2.24) is 9.13 Å². The van der Waals surface area contributed by atoms with Gasteiger partial charge in [-0.1, -0.05) is 140 Å². The topological polar surface area (TPSA) is 23.0 Å². The van der Waals surface area contributed by atoms with E-state index in [0.29, 0.717) is 0 Å². The monoisotopic (exact) mass is 782 g/mol. The number of rotatable bonds is 5. The molecule has 0 fully saturated rings. The van der Waals surface area contributed by atoms with Crippen LogP contribution in [0.3, 0.4) is 0 Å². The van der Waals surface area contributed by atoms with Gasteiger partial charge in [-0.2, -0.15) is 0 Å². The molecule has 60 heavy (non-hydrogen) atoms. The van der Waals surface area contributed by atoms with Crippen LogP contribution in [0, 0.1) is 0 Å². The molecule has 9 aromatic carbocycles. The van der Waals surface area contributed by atoms with Crippen molar-refractivity contribution in [1.29, 1.82) is 0 Å². The highest BCUT2D eigenvalue weighted by Gasteiger charge is 2.22. The molecule has 4 heterocycles. The summed E-state index contributed by atoms with van der Waals surface area (Å²) in [7, 11) is 0. The molecule has 13 aromatic rings. The Morgan fingerprint density at radius 2 is 0.917 bits per heavy atom. The van der Waals surface area contributed by atoms with Crippen LogP contribution in [0.1, 0.15) is 0 Å². The molecule has 0 N–H and O–H groups in total. The first-order chi connectivity index (χ1) is 29.7. The maximum atomic E-state index is 6.78. The molecule has 0 amide bonds. The van der Waals surface area contributed by atoms with Crippen molar-refractivity contribution in [2.45, 2.75) is 0 Å². The number of furan rings is 1. The van der Waals surface area contributed by atoms with Crippen molar-refractivity contribution in [2.24, 2.45) is 0 Å². The van der Waals surface area contributed by atoms with Crippen LogP contribution in [-0.4, -0.2) is 9.13 Å². The summed E-state index contributed by atoms with van der Waals surface area (Å²) in [6.45, 7) is 0. The Bertz CT molecular complexity index is 3810. The van der Waals surface area contributed by atoms with Gasteiger partial charge >= 0.3 is 0 Å². The molecule has 280 valence electrons. The number of thiophene rings is 1. The third-order valence-electron chi connectivity index (χ3n) is 12.3. The Balaban J connectivity index is 1.02. The molecule has 0 radical (unpaired) electrons. The summed E-state index contributed by atoms with van der Waals surface area (Å²) in [4.78, 5) is 1.28. The number of hydrogen-bond donors (Lipinski definition) is 0. The van der Waals surface area contributed by atoms with Crippen LogP contribution < -0.4 is 0 Å². The summed E-state index contributed by atoms with van der Waals surface area (Å²) in [5, 5.41) is 8.49. The summed E-state index contributed by atoms with van der Waals surface area (Å²) in [6.07, 6.45) is 0. The molecule has 0 saturated carbocycles. The predicted molar refractivity (Wildman–Crippen MR) is 254 cm³/mol. The van der Waals surface area contributed by atoms with Gasteiger partial charge in [0.15, 0.2) is 5.58 Å². The largest absolute Gasteiger partial charge is 0.454 e. The van der Waals surface area contributed by atoms with Crippen LogP contribution in [-0.2, 0) is 0 Å². The van der Waals surface area contributed by atoms with Crippen LogP contribution >= 0.6 is 11.3 Å². The smallest absolute Gasteiger partial charge is 0.160 e. The fraction of sp³-hybridized carbons (Fsp3) is 0. The maximum Gasteiger partial charge on any atom is 0.160 e. The van der Waals surface area contributed by atoms with Crippen LogP contribution in [0.5, 0.6) is 0 Å². The molecule has 0 aliphatic carbocycles. The Kier molecular flexibility index (Phi) is 7.18. The van der Waals surface area contributed by atoms with Crippen molar-refractivity contribution < 1.29 is 4.42 Å². The van der Waals surface area contributed by atoms with E-state index in [1.54, 1.807) is 0 Å². The highest BCUT2D eigenvalue weighted by molar-refractivity contribution is 7.25. The molecule has 0 aliphatic rings. The van der Waals surface area contributed by atoms with E-state index in [-0.39, 0.29) is 0 Å². The Morgan fingerprint density at radius 1 is 0.350 bits per heavy atom. The molecule has 4 aromatic heterocycles. The van der Waals surface area contributed by atoms with E-state index in [1.165, 1.54) is 81.0 Å². The van der Waals surface area contributed by atoms with Crippen molar-refractivity contribution in [3.05, 3.63) is 206 Å². The van der Waals surface area contributed by atoms with Crippen LogP contribution in [0.15, 0.2) is 211 Å². The highest BCUT2D eigenvalue weighted by Crippen LogP contribution is 2.45. The van der Waals surface area contributed by atoms with Gasteiger partial charge in [0.05, 0.1) is 16.6 Å². The SMILES string of the molecule is c1ccc(-c2ccc(-c3cccc(-n4c5ccc(-c6ccc7c(c6)c6c8ccccc8sc6n7-c6ccccc6)cc5c5ccc6c7ccccc7oc6c54)c3)cc2)cc1. The zero-order valence-corrected chi connectivity index (χ0v) is 33.2. The maximum absolute atomic E-state index is 6.78. The molecule has 0 spiro atoms. The van der Waals surface area contributed by atoms with E-state index < -0.39 is 0 Å². The average molecular weight is 783 g/mol. The van der Waals surface area contributed by atoms with Gasteiger partial charge in [0.1, 0.15) is 10.4 Å². The molecular formula is C56H34N2OS. The molecule has 0 bridgehead atoms. The predicted octanol–water partition coefficient (Wildman–Crippen LogP) is 16.0. The normalized spacial score (nSPS) is 12.0. The van der Waals surface area contributed by atoms with Gasteiger partial charge in [0.2, 0.25) is 0 Å². The first kappa shape index (κ1) is 33.3. The standard InChI is InChI=1S/C56H34N2OS/c1-3-12-35(13-4-1)36-22-24-37(25-23-36)38-14-11-17-42(32-38)57-49-30-26-39(33-47(49)44-28-29-45-43-18-7-9-20-51(43)59-55(45)54(44)57)40-27-31-50-48(34-40)53-46-19-8-10-21-52(46)60-56(53)58(50)41-15-5-2-6-16-41/h1-34H. The lowest BCUT2D eigenvalue weighted by Gasteiger charge is -2.12. The summed E-state index contributed by atoms with van der Waals surface area (Å²) in [6, 6.07) is 74.8. The Labute approximate surface area is 349 Å². The summed E-state index contributed by atoms with van der Waals surface area (Å²) < 4.78 is 12.9. The van der Waals surface area contributed by atoms with Gasteiger partial charge in [-0.3, -0.25) is 0 Å². The average Bonchev–Trinajstić information content (AvgIpc) is 4.06. The van der Waals surface area contributed by atoms with Gasteiger partial charge in [-0.05, 0) is 100 Å². The minimum Gasteiger partial charge on any atom is -0.454 e. The summed E-state index contributed by atoms with van der Waals surface area (Å²) >= 11 is 1.87. The van der Waals surface area contributed by atoms with Gasteiger partial charge < -0.3 is 13.6 Å². The lowest BCUT2D eigenvalue weighted by atomic mass is 10.00. The number of para-hydroxylation sites is 2. The van der Waals surface area contributed by atoms with E-state index in [4.69, 9.17) is 4.42 Å². The zero-order valence-electron chi connectivity index (χ0n) is 32.3. The van der Waals surface area contributed by atoms with Crippen molar-refractivity contribution >= 4 is 86.3 Å². The minimum absolute atomic E-state index is 0.896. The summed E-state index contributed by atoms with van der Waals surface area (Å²) in [5.41, 5.74) is 14.7. The second-order valence-corrected chi connectivity index (χ2v) is 16.7. The second-order valence-electron chi connectivity index (χ2n) is 15.7. The molecule has 0 aliphatic heterocycles. The molecule has 3 nitrogen and oxygen atoms in total. The fourth-order valence-electron chi connectivity index (χ4n) is 9.54. The lowest BCUT2D eigenvalue weighted by Crippen LogP contribution is -1.95. The number of fused-ring (bicyclic) bond motifs is 12. The van der Waals surface area contributed by atoms with Crippen LogP contribution in [0.25, 0.3) is 120 Å². The van der Waals surface area contributed by atoms with Crippen LogP contribution in [0.4, 0.5) is 0 Å². The van der Waals surface area contributed by atoms with E-state index >= 15 is 0 Å². The number of aromatic nitrogens is 2. The first-order valence-corrected chi connectivity index (χ1v) is 21.2. The van der Waals surface area contributed by atoms with E-state index in [2.05, 4.69) is 209 Å². The highest BCUT2D eigenvalue weighted by atomic mass is 32.1. The van der Waals surface area contributed by atoms with Gasteiger partial charge in [0.25, 0.3) is 0 Å². The lowest BCUT2D eigenvalue weighted by molar-refractivity contribution is 0.671. The number of hydrogen-bond acceptors (Lipinski definition) is 2. The Hall–Kier alpha value is -7.66. The third-order valence-corrected chi connectivity index (χ3v) is 13.5. The summed E-state index contributed by atoms with van der Waals surface area (Å²) in [5.74, 6) is 0. The van der Waals surface area contributed by atoms with Crippen molar-refractivity contribution in [3.8, 4) is 44.8 Å². The minimum atomic E-state index is 0.896. The fourth-order valence-corrected chi connectivity index (χ4v) is 10.8. The first-order valence-electron chi connectivity index (χ1n) is 20.4. The van der Waals surface area contributed by atoms with E-state index in [9.17, 15) is 0 Å². The number of nitrogens with zero attached hydrogens (tertiary/aromatic N) is 2. The van der Waals surface area contributed by atoms with Gasteiger partial charge in [-0.15, -0.1) is 11.3 Å². The molecular weight excluding hydrogens is 749 g/mol.